The molecule has 2 aromatic rings. The van der Waals surface area contributed by atoms with Gasteiger partial charge in [-0.05, 0) is 62.4 Å². The Kier molecular flexibility index (Phi) is 5.60. The van der Waals surface area contributed by atoms with Crippen molar-refractivity contribution in [3.05, 3.63) is 59.7 Å². The molecule has 0 saturated heterocycles. The number of carbonyl (C=O) groups is 1. The number of benzene rings is 2. The first-order chi connectivity index (χ1) is 12.0. The molecule has 9 heteroatoms. The van der Waals surface area contributed by atoms with E-state index in [0.29, 0.717) is 5.69 Å². The first kappa shape index (κ1) is 19.8. The van der Waals surface area contributed by atoms with E-state index in [1.807, 2.05) is 0 Å². The minimum absolute atomic E-state index is 0.215. The summed E-state index contributed by atoms with van der Waals surface area (Å²) in [6.45, 7) is 3.07. The van der Waals surface area contributed by atoms with Crippen LogP contribution in [0.15, 0.2) is 48.5 Å². The number of hydrogen-bond acceptors (Lipinski definition) is 3. The van der Waals surface area contributed by atoms with Gasteiger partial charge in [0.05, 0.1) is 10.8 Å². The van der Waals surface area contributed by atoms with Crippen molar-refractivity contribution in [1.29, 1.82) is 0 Å². The highest BCUT2D eigenvalue weighted by atomic mass is 32.2. The second-order valence-corrected chi connectivity index (χ2v) is 8.04. The minimum Gasteiger partial charge on any atom is -0.322 e. The summed E-state index contributed by atoms with van der Waals surface area (Å²) in [7, 11) is -3.49. The van der Waals surface area contributed by atoms with Crippen LogP contribution in [0.1, 0.15) is 29.8 Å². The molecule has 26 heavy (non-hydrogen) atoms. The van der Waals surface area contributed by atoms with Gasteiger partial charge in [-0.25, -0.2) is 8.42 Å². The lowest BCUT2D eigenvalue weighted by Gasteiger charge is -2.11. The highest BCUT2D eigenvalue weighted by Gasteiger charge is 2.30. The maximum Gasteiger partial charge on any atom is 0.416 e. The van der Waals surface area contributed by atoms with E-state index in [0.717, 1.165) is 24.3 Å². The van der Waals surface area contributed by atoms with Crippen LogP contribution in [0.3, 0.4) is 0 Å². The quantitative estimate of drug-likeness (QED) is 0.812. The van der Waals surface area contributed by atoms with Crippen LogP contribution >= 0.6 is 0 Å². The molecule has 5 nitrogen and oxygen atoms in total. The zero-order valence-electron chi connectivity index (χ0n) is 14.0. The predicted molar refractivity (Wildman–Crippen MR) is 93.5 cm³/mol. The maximum atomic E-state index is 12.5. The van der Waals surface area contributed by atoms with Crippen molar-refractivity contribution in [2.45, 2.75) is 25.3 Å². The summed E-state index contributed by atoms with van der Waals surface area (Å²) in [4.78, 5) is 12.1. The Bertz CT molecular complexity index is 875. The SMILES string of the molecule is CC(C)S(=O)(=O)Nc1ccc(C(=O)Nc2ccc(C(F)(F)F)cc2)cc1. The van der Waals surface area contributed by atoms with E-state index in [2.05, 4.69) is 10.0 Å². The number of sulfonamides is 1. The van der Waals surface area contributed by atoms with E-state index in [1.165, 1.54) is 38.1 Å². The Labute approximate surface area is 149 Å². The summed E-state index contributed by atoms with van der Waals surface area (Å²) in [5.41, 5.74) is -0.0490. The van der Waals surface area contributed by atoms with Crippen molar-refractivity contribution in [1.82, 2.24) is 0 Å². The van der Waals surface area contributed by atoms with Gasteiger partial charge in [-0.1, -0.05) is 0 Å². The van der Waals surface area contributed by atoms with Gasteiger partial charge in [0.15, 0.2) is 0 Å². The van der Waals surface area contributed by atoms with Gasteiger partial charge in [-0.15, -0.1) is 0 Å². The number of alkyl halides is 3. The van der Waals surface area contributed by atoms with E-state index in [1.54, 1.807) is 0 Å². The number of hydrogen-bond donors (Lipinski definition) is 2. The molecule has 0 aliphatic rings. The standard InChI is InChI=1S/C17H17F3N2O3S/c1-11(2)26(24,25)22-15-7-3-12(4-8-15)16(23)21-14-9-5-13(6-10-14)17(18,19)20/h3-11,22H,1-2H3,(H,21,23). The molecule has 0 fully saturated rings. The van der Waals surface area contributed by atoms with Gasteiger partial charge >= 0.3 is 6.18 Å². The smallest absolute Gasteiger partial charge is 0.322 e. The molecule has 2 rings (SSSR count). The Balaban J connectivity index is 2.06. The Morgan fingerprint density at radius 3 is 1.88 bits per heavy atom. The summed E-state index contributed by atoms with van der Waals surface area (Å²) >= 11 is 0. The van der Waals surface area contributed by atoms with Gasteiger partial charge in [0, 0.05) is 16.9 Å². The topological polar surface area (TPSA) is 75.3 Å². The highest BCUT2D eigenvalue weighted by Crippen LogP contribution is 2.29. The first-order valence-electron chi connectivity index (χ1n) is 7.59. The molecule has 0 aliphatic heterocycles. The molecule has 0 aliphatic carbocycles. The number of halogens is 3. The van der Waals surface area contributed by atoms with E-state index < -0.39 is 32.9 Å². The average molecular weight is 386 g/mol. The fourth-order valence-electron chi connectivity index (χ4n) is 1.92. The Hall–Kier alpha value is -2.55. The van der Waals surface area contributed by atoms with E-state index >= 15 is 0 Å². The molecule has 0 unspecified atom stereocenters. The van der Waals surface area contributed by atoms with Gasteiger partial charge in [-0.2, -0.15) is 13.2 Å². The van der Waals surface area contributed by atoms with Crippen LogP contribution in [0, 0.1) is 0 Å². The molecule has 0 bridgehead atoms. The first-order valence-corrected chi connectivity index (χ1v) is 9.14. The third-order valence-electron chi connectivity index (χ3n) is 3.50. The van der Waals surface area contributed by atoms with Gasteiger partial charge in [-0.3, -0.25) is 9.52 Å². The van der Waals surface area contributed by atoms with Crippen LogP contribution in [0.5, 0.6) is 0 Å². The van der Waals surface area contributed by atoms with Gasteiger partial charge in [0.1, 0.15) is 0 Å². The Morgan fingerprint density at radius 2 is 1.42 bits per heavy atom. The fraction of sp³-hybridized carbons (Fsp3) is 0.235. The number of nitrogens with one attached hydrogen (secondary N) is 2. The van der Waals surface area contributed by atoms with Crippen molar-refractivity contribution in [3.63, 3.8) is 0 Å². The average Bonchev–Trinajstić information content (AvgIpc) is 2.54. The summed E-state index contributed by atoms with van der Waals surface area (Å²) in [6, 6.07) is 9.76. The zero-order chi connectivity index (χ0) is 19.5. The van der Waals surface area contributed by atoms with Crippen molar-refractivity contribution >= 4 is 27.3 Å². The molecule has 140 valence electrons. The van der Waals surface area contributed by atoms with Crippen LogP contribution in [0.4, 0.5) is 24.5 Å². The molecule has 0 saturated carbocycles. The number of amides is 1. The molecule has 0 aromatic heterocycles. The minimum atomic E-state index is -4.44. The van der Waals surface area contributed by atoms with Crippen molar-refractivity contribution in [3.8, 4) is 0 Å². The van der Waals surface area contributed by atoms with Crippen LogP contribution in [0.2, 0.25) is 0 Å². The lowest BCUT2D eigenvalue weighted by molar-refractivity contribution is -0.137. The van der Waals surface area contributed by atoms with Crippen molar-refractivity contribution < 1.29 is 26.4 Å². The lowest BCUT2D eigenvalue weighted by Crippen LogP contribution is -2.22. The Morgan fingerprint density at radius 1 is 0.923 bits per heavy atom. The molecule has 1 amide bonds. The molecular formula is C17H17F3N2O3S. The largest absolute Gasteiger partial charge is 0.416 e. The molecule has 2 N–H and O–H groups in total. The third kappa shape index (κ3) is 4.98. The second kappa shape index (κ2) is 7.36. The third-order valence-corrected chi connectivity index (χ3v) is 5.26. The van der Waals surface area contributed by atoms with Crippen molar-refractivity contribution in [2.75, 3.05) is 10.0 Å². The second-order valence-electron chi connectivity index (χ2n) is 5.80. The predicted octanol–water partition coefficient (Wildman–Crippen LogP) is 4.11. The number of rotatable bonds is 5. The van der Waals surface area contributed by atoms with E-state index in [-0.39, 0.29) is 11.3 Å². The lowest BCUT2D eigenvalue weighted by atomic mass is 10.1. The molecule has 0 heterocycles. The number of carbonyl (C=O) groups excluding carboxylic acids is 1. The fourth-order valence-corrected chi connectivity index (χ4v) is 2.62. The summed E-state index contributed by atoms with van der Waals surface area (Å²) < 4.78 is 63.5. The van der Waals surface area contributed by atoms with Gasteiger partial charge in [0.25, 0.3) is 5.91 Å². The molecule has 0 atom stereocenters. The zero-order valence-corrected chi connectivity index (χ0v) is 14.8. The number of anilines is 2. The molecule has 2 aromatic carbocycles. The molecular weight excluding hydrogens is 369 g/mol. The van der Waals surface area contributed by atoms with Crippen LogP contribution in [-0.4, -0.2) is 19.6 Å². The maximum absolute atomic E-state index is 12.5. The molecule has 0 spiro atoms. The summed E-state index contributed by atoms with van der Waals surface area (Å²) in [5.74, 6) is -0.525. The van der Waals surface area contributed by atoms with E-state index in [4.69, 9.17) is 0 Å². The van der Waals surface area contributed by atoms with Gasteiger partial charge in [0.2, 0.25) is 10.0 Å². The normalized spacial score (nSPS) is 12.1. The van der Waals surface area contributed by atoms with Crippen LogP contribution in [-0.2, 0) is 16.2 Å². The monoisotopic (exact) mass is 386 g/mol. The van der Waals surface area contributed by atoms with Gasteiger partial charge < -0.3 is 5.32 Å². The van der Waals surface area contributed by atoms with E-state index in [9.17, 15) is 26.4 Å². The summed E-state index contributed by atoms with van der Waals surface area (Å²) in [6.07, 6.45) is -4.44. The highest BCUT2D eigenvalue weighted by molar-refractivity contribution is 7.93. The molecule has 0 radical (unpaired) electrons. The van der Waals surface area contributed by atoms with Crippen LogP contribution < -0.4 is 10.0 Å². The van der Waals surface area contributed by atoms with Crippen LogP contribution in [0.25, 0.3) is 0 Å². The summed E-state index contributed by atoms with van der Waals surface area (Å²) in [5, 5.41) is 1.87. The van der Waals surface area contributed by atoms with Crippen molar-refractivity contribution in [2.24, 2.45) is 0 Å².